The lowest BCUT2D eigenvalue weighted by Crippen LogP contribution is -1.86. The summed E-state index contributed by atoms with van der Waals surface area (Å²) in [4.78, 5) is 0. The molecule has 72 valence electrons. The largest absolute Gasteiger partial charge is 0.464 e. The number of hydrogen-bond donors (Lipinski definition) is 0. The van der Waals surface area contributed by atoms with Crippen molar-refractivity contribution in [2.24, 2.45) is 0 Å². The molecule has 0 radical (unpaired) electrons. The molecule has 0 atom stereocenters. The van der Waals surface area contributed by atoms with E-state index in [-0.39, 0.29) is 0 Å². The normalized spacial score (nSPS) is 10.8. The first-order valence-corrected chi connectivity index (χ1v) is 4.91. The molecular weight excluding hydrogens is 172 g/mol. The van der Waals surface area contributed by atoms with Crippen LogP contribution in [0.4, 0.5) is 0 Å². The van der Waals surface area contributed by atoms with E-state index in [1.165, 1.54) is 5.56 Å². The van der Waals surface area contributed by atoms with Crippen LogP contribution in [0.2, 0.25) is 0 Å². The summed E-state index contributed by atoms with van der Waals surface area (Å²) in [6, 6.07) is 12.4. The molecule has 0 saturated heterocycles. The van der Waals surface area contributed by atoms with Gasteiger partial charge in [-0.2, -0.15) is 0 Å². The Hall–Kier alpha value is -1.50. The van der Waals surface area contributed by atoms with Gasteiger partial charge in [-0.25, -0.2) is 0 Å². The molecule has 1 aromatic heterocycles. The van der Waals surface area contributed by atoms with Crippen LogP contribution < -0.4 is 0 Å². The summed E-state index contributed by atoms with van der Waals surface area (Å²) < 4.78 is 5.35. The van der Waals surface area contributed by atoms with Crippen molar-refractivity contribution in [3.05, 3.63) is 48.2 Å². The van der Waals surface area contributed by atoms with Gasteiger partial charge >= 0.3 is 0 Å². The molecule has 2 aromatic rings. The molecule has 0 amide bonds. The van der Waals surface area contributed by atoms with Crippen LogP contribution in [0.15, 0.2) is 47.1 Å². The van der Waals surface area contributed by atoms with Gasteiger partial charge < -0.3 is 4.42 Å². The Balaban J connectivity index is 2.41. The molecule has 2 rings (SSSR count). The van der Waals surface area contributed by atoms with Crippen LogP contribution in [0.1, 0.15) is 25.3 Å². The third-order valence-electron chi connectivity index (χ3n) is 2.36. The second-order valence-corrected chi connectivity index (χ2v) is 3.76. The Kier molecular flexibility index (Phi) is 2.40. The van der Waals surface area contributed by atoms with Gasteiger partial charge in [-0.3, -0.25) is 0 Å². The average molecular weight is 186 g/mol. The van der Waals surface area contributed by atoms with Crippen molar-refractivity contribution in [3.63, 3.8) is 0 Å². The molecule has 0 aliphatic carbocycles. The van der Waals surface area contributed by atoms with Gasteiger partial charge in [-0.05, 0) is 29.7 Å². The maximum Gasteiger partial charge on any atom is 0.133 e. The van der Waals surface area contributed by atoms with Crippen LogP contribution in [-0.4, -0.2) is 0 Å². The Morgan fingerprint density at radius 2 is 1.93 bits per heavy atom. The summed E-state index contributed by atoms with van der Waals surface area (Å²) >= 11 is 0. The van der Waals surface area contributed by atoms with E-state index in [9.17, 15) is 0 Å². The Morgan fingerprint density at radius 3 is 2.57 bits per heavy atom. The van der Waals surface area contributed by atoms with Gasteiger partial charge in [0.15, 0.2) is 0 Å². The van der Waals surface area contributed by atoms with E-state index in [4.69, 9.17) is 4.42 Å². The minimum Gasteiger partial charge on any atom is -0.464 e. The predicted molar refractivity (Wildman–Crippen MR) is 58.2 cm³/mol. The zero-order chi connectivity index (χ0) is 9.97. The molecule has 0 spiro atoms. The van der Waals surface area contributed by atoms with Crippen LogP contribution in [0.25, 0.3) is 11.3 Å². The maximum absolute atomic E-state index is 5.35. The van der Waals surface area contributed by atoms with Gasteiger partial charge in [0, 0.05) is 5.56 Å². The smallest absolute Gasteiger partial charge is 0.133 e. The lowest BCUT2D eigenvalue weighted by atomic mass is 10.0. The van der Waals surface area contributed by atoms with Crippen molar-refractivity contribution in [2.75, 3.05) is 0 Å². The third kappa shape index (κ3) is 1.72. The molecule has 0 saturated carbocycles. The maximum atomic E-state index is 5.35. The summed E-state index contributed by atoms with van der Waals surface area (Å²) in [5, 5.41) is 0. The third-order valence-corrected chi connectivity index (χ3v) is 2.36. The van der Waals surface area contributed by atoms with Crippen molar-refractivity contribution in [3.8, 4) is 11.3 Å². The lowest BCUT2D eigenvalue weighted by Gasteiger charge is -2.06. The standard InChI is InChI=1S/C13H14O/c1-10(2)11-5-3-6-12(9-11)13-7-4-8-14-13/h3-10H,1-2H3. The van der Waals surface area contributed by atoms with Gasteiger partial charge in [-0.1, -0.05) is 32.0 Å². The van der Waals surface area contributed by atoms with E-state index in [0.717, 1.165) is 11.3 Å². The van der Waals surface area contributed by atoms with Crippen molar-refractivity contribution in [1.29, 1.82) is 0 Å². The molecule has 0 fully saturated rings. The highest BCUT2D eigenvalue weighted by Crippen LogP contribution is 2.23. The number of furan rings is 1. The molecule has 1 nitrogen and oxygen atoms in total. The number of benzene rings is 1. The first-order chi connectivity index (χ1) is 6.77. The van der Waals surface area contributed by atoms with Crippen molar-refractivity contribution in [1.82, 2.24) is 0 Å². The second-order valence-electron chi connectivity index (χ2n) is 3.76. The van der Waals surface area contributed by atoms with E-state index >= 15 is 0 Å². The summed E-state index contributed by atoms with van der Waals surface area (Å²) in [6.07, 6.45) is 1.71. The highest BCUT2D eigenvalue weighted by molar-refractivity contribution is 5.58. The van der Waals surface area contributed by atoms with Gasteiger partial charge in [-0.15, -0.1) is 0 Å². The molecule has 0 aliphatic rings. The van der Waals surface area contributed by atoms with Crippen LogP contribution in [0, 0.1) is 0 Å². The topological polar surface area (TPSA) is 13.1 Å². The van der Waals surface area contributed by atoms with Crippen molar-refractivity contribution < 1.29 is 4.42 Å². The highest BCUT2D eigenvalue weighted by atomic mass is 16.3. The zero-order valence-corrected chi connectivity index (χ0v) is 8.53. The molecule has 0 N–H and O–H groups in total. The van der Waals surface area contributed by atoms with E-state index in [1.54, 1.807) is 6.26 Å². The van der Waals surface area contributed by atoms with Crippen LogP contribution in [0.5, 0.6) is 0 Å². The quantitative estimate of drug-likeness (QED) is 0.689. The first-order valence-electron chi connectivity index (χ1n) is 4.91. The molecule has 1 heteroatoms. The van der Waals surface area contributed by atoms with Gasteiger partial charge in [0.1, 0.15) is 5.76 Å². The fraction of sp³-hybridized carbons (Fsp3) is 0.231. The van der Waals surface area contributed by atoms with Crippen molar-refractivity contribution >= 4 is 0 Å². The molecular formula is C13H14O. The zero-order valence-electron chi connectivity index (χ0n) is 8.53. The number of rotatable bonds is 2. The van der Waals surface area contributed by atoms with Crippen LogP contribution in [0.3, 0.4) is 0 Å². The molecule has 0 bridgehead atoms. The summed E-state index contributed by atoms with van der Waals surface area (Å²) in [5.41, 5.74) is 2.50. The Bertz CT molecular complexity index is 399. The first kappa shape index (κ1) is 9.07. The van der Waals surface area contributed by atoms with Crippen LogP contribution >= 0.6 is 0 Å². The Morgan fingerprint density at radius 1 is 1.07 bits per heavy atom. The summed E-state index contributed by atoms with van der Waals surface area (Å²) in [5.74, 6) is 1.50. The van der Waals surface area contributed by atoms with E-state index in [0.29, 0.717) is 5.92 Å². The highest BCUT2D eigenvalue weighted by Gasteiger charge is 2.03. The molecule has 0 unspecified atom stereocenters. The molecule has 1 aromatic carbocycles. The molecule has 0 aliphatic heterocycles. The summed E-state index contributed by atoms with van der Waals surface area (Å²) in [6.45, 7) is 4.39. The fourth-order valence-corrected chi connectivity index (χ4v) is 1.49. The number of hydrogen-bond acceptors (Lipinski definition) is 1. The average Bonchev–Trinajstić information content (AvgIpc) is 2.71. The fourth-order valence-electron chi connectivity index (χ4n) is 1.49. The molecule has 14 heavy (non-hydrogen) atoms. The summed E-state index contributed by atoms with van der Waals surface area (Å²) in [7, 11) is 0. The van der Waals surface area contributed by atoms with Crippen molar-refractivity contribution in [2.45, 2.75) is 19.8 Å². The minimum absolute atomic E-state index is 0.560. The van der Waals surface area contributed by atoms with Crippen LogP contribution in [-0.2, 0) is 0 Å². The SMILES string of the molecule is CC(C)c1cccc(-c2ccco2)c1. The predicted octanol–water partition coefficient (Wildman–Crippen LogP) is 4.07. The lowest BCUT2D eigenvalue weighted by molar-refractivity contribution is 0.582. The monoisotopic (exact) mass is 186 g/mol. The van der Waals surface area contributed by atoms with Gasteiger partial charge in [0.05, 0.1) is 6.26 Å². The Labute approximate surface area is 84.4 Å². The van der Waals surface area contributed by atoms with Gasteiger partial charge in [0.25, 0.3) is 0 Å². The van der Waals surface area contributed by atoms with E-state index < -0.39 is 0 Å². The van der Waals surface area contributed by atoms with E-state index in [2.05, 4.69) is 38.1 Å². The van der Waals surface area contributed by atoms with Gasteiger partial charge in [0.2, 0.25) is 0 Å². The van der Waals surface area contributed by atoms with E-state index in [1.807, 2.05) is 12.1 Å². The minimum atomic E-state index is 0.560. The molecule has 1 heterocycles. The second kappa shape index (κ2) is 3.70.